The Labute approximate surface area is 113 Å². The number of nitrogen functional groups attached to an aromatic ring is 1. The first-order valence-corrected chi connectivity index (χ1v) is 6.76. The SMILES string of the molecule is CC(N(C)Cc1c(N)cccc1Br)C(C)(C)C. The van der Waals surface area contributed by atoms with Gasteiger partial charge >= 0.3 is 0 Å². The van der Waals surface area contributed by atoms with E-state index in [0.717, 1.165) is 16.7 Å². The van der Waals surface area contributed by atoms with Crippen LogP contribution in [0.5, 0.6) is 0 Å². The first-order valence-electron chi connectivity index (χ1n) is 5.96. The predicted molar refractivity (Wildman–Crippen MR) is 78.9 cm³/mol. The van der Waals surface area contributed by atoms with Crippen LogP contribution in [0.3, 0.4) is 0 Å². The number of nitrogens with zero attached hydrogens (tertiary/aromatic N) is 1. The lowest BCUT2D eigenvalue weighted by Crippen LogP contribution is -2.39. The largest absolute Gasteiger partial charge is 0.398 e. The molecule has 0 aromatic heterocycles. The summed E-state index contributed by atoms with van der Waals surface area (Å²) in [5, 5.41) is 0. The molecular formula is C14H23BrN2. The monoisotopic (exact) mass is 298 g/mol. The Morgan fingerprint density at radius 3 is 2.41 bits per heavy atom. The number of hydrogen-bond donors (Lipinski definition) is 1. The molecule has 1 unspecified atom stereocenters. The van der Waals surface area contributed by atoms with Gasteiger partial charge in [-0.1, -0.05) is 42.8 Å². The maximum Gasteiger partial charge on any atom is 0.0371 e. The molecule has 0 aliphatic rings. The summed E-state index contributed by atoms with van der Waals surface area (Å²) in [5.41, 5.74) is 8.32. The van der Waals surface area contributed by atoms with Gasteiger partial charge < -0.3 is 5.73 Å². The van der Waals surface area contributed by atoms with Gasteiger partial charge in [0.15, 0.2) is 0 Å². The summed E-state index contributed by atoms with van der Waals surface area (Å²) >= 11 is 3.57. The van der Waals surface area contributed by atoms with Crippen molar-refractivity contribution in [2.75, 3.05) is 12.8 Å². The van der Waals surface area contributed by atoms with E-state index in [2.05, 4.69) is 55.6 Å². The summed E-state index contributed by atoms with van der Waals surface area (Å²) < 4.78 is 1.09. The molecule has 0 saturated heterocycles. The summed E-state index contributed by atoms with van der Waals surface area (Å²) in [7, 11) is 2.15. The van der Waals surface area contributed by atoms with Crippen LogP contribution in [-0.2, 0) is 6.54 Å². The number of halogens is 1. The average Bonchev–Trinajstić information content (AvgIpc) is 2.21. The number of hydrogen-bond acceptors (Lipinski definition) is 2. The van der Waals surface area contributed by atoms with Crippen LogP contribution in [0.15, 0.2) is 22.7 Å². The van der Waals surface area contributed by atoms with Crippen LogP contribution < -0.4 is 5.73 Å². The third kappa shape index (κ3) is 3.71. The molecular weight excluding hydrogens is 276 g/mol. The van der Waals surface area contributed by atoms with Gasteiger partial charge in [0.25, 0.3) is 0 Å². The highest BCUT2D eigenvalue weighted by molar-refractivity contribution is 9.10. The topological polar surface area (TPSA) is 29.3 Å². The predicted octanol–water partition coefficient (Wildman–Crippen LogP) is 3.90. The Morgan fingerprint density at radius 2 is 1.94 bits per heavy atom. The molecule has 2 nitrogen and oxygen atoms in total. The standard InChI is InChI=1S/C14H23BrN2/c1-10(14(2,3)4)17(5)9-11-12(15)7-6-8-13(11)16/h6-8,10H,9,16H2,1-5H3. The van der Waals surface area contributed by atoms with Crippen molar-refractivity contribution >= 4 is 21.6 Å². The zero-order chi connectivity index (χ0) is 13.2. The van der Waals surface area contributed by atoms with Crippen LogP contribution in [0.4, 0.5) is 5.69 Å². The van der Waals surface area contributed by atoms with Gasteiger partial charge in [0, 0.05) is 28.3 Å². The highest BCUT2D eigenvalue weighted by Gasteiger charge is 2.24. The summed E-state index contributed by atoms with van der Waals surface area (Å²) in [6, 6.07) is 6.46. The summed E-state index contributed by atoms with van der Waals surface area (Å²) in [4.78, 5) is 2.34. The Kier molecular flexibility index (Phi) is 4.62. The first-order chi connectivity index (χ1) is 7.73. The second-order valence-electron chi connectivity index (χ2n) is 5.76. The third-order valence-corrected chi connectivity index (χ3v) is 4.22. The molecule has 1 aromatic rings. The Morgan fingerprint density at radius 1 is 1.35 bits per heavy atom. The van der Waals surface area contributed by atoms with Crippen LogP contribution in [-0.4, -0.2) is 18.0 Å². The van der Waals surface area contributed by atoms with Gasteiger partial charge in [-0.2, -0.15) is 0 Å². The van der Waals surface area contributed by atoms with Gasteiger partial charge in [-0.25, -0.2) is 0 Å². The van der Waals surface area contributed by atoms with Crippen molar-refractivity contribution in [3.05, 3.63) is 28.2 Å². The van der Waals surface area contributed by atoms with Crippen molar-refractivity contribution < 1.29 is 0 Å². The van der Waals surface area contributed by atoms with Crippen LogP contribution in [0.2, 0.25) is 0 Å². The molecule has 0 heterocycles. The number of rotatable bonds is 3. The van der Waals surface area contributed by atoms with Crippen molar-refractivity contribution in [1.82, 2.24) is 4.90 Å². The fourth-order valence-corrected chi connectivity index (χ4v) is 2.30. The first kappa shape index (κ1) is 14.5. The van der Waals surface area contributed by atoms with E-state index in [-0.39, 0.29) is 5.41 Å². The molecule has 0 spiro atoms. The quantitative estimate of drug-likeness (QED) is 0.858. The molecule has 0 aliphatic heterocycles. The van der Waals surface area contributed by atoms with E-state index < -0.39 is 0 Å². The van der Waals surface area contributed by atoms with E-state index in [4.69, 9.17) is 5.73 Å². The molecule has 1 rings (SSSR count). The van der Waals surface area contributed by atoms with E-state index in [9.17, 15) is 0 Å². The van der Waals surface area contributed by atoms with E-state index in [1.807, 2.05) is 18.2 Å². The zero-order valence-corrected chi connectivity index (χ0v) is 13.0. The fourth-order valence-electron chi connectivity index (χ4n) is 1.79. The summed E-state index contributed by atoms with van der Waals surface area (Å²) in [5.74, 6) is 0. The van der Waals surface area contributed by atoms with E-state index in [0.29, 0.717) is 6.04 Å². The van der Waals surface area contributed by atoms with Gasteiger partial charge in [-0.15, -0.1) is 0 Å². The average molecular weight is 299 g/mol. The lowest BCUT2D eigenvalue weighted by molar-refractivity contribution is 0.134. The highest BCUT2D eigenvalue weighted by atomic mass is 79.9. The number of anilines is 1. The molecule has 17 heavy (non-hydrogen) atoms. The Balaban J connectivity index is 2.85. The molecule has 1 aromatic carbocycles. The second kappa shape index (κ2) is 5.40. The van der Waals surface area contributed by atoms with Gasteiger partial charge in [0.2, 0.25) is 0 Å². The van der Waals surface area contributed by atoms with Crippen molar-refractivity contribution in [2.24, 2.45) is 5.41 Å². The van der Waals surface area contributed by atoms with Crippen LogP contribution in [0.1, 0.15) is 33.3 Å². The minimum absolute atomic E-state index is 0.269. The second-order valence-corrected chi connectivity index (χ2v) is 6.62. The molecule has 0 saturated carbocycles. The van der Waals surface area contributed by atoms with Crippen LogP contribution >= 0.6 is 15.9 Å². The number of nitrogens with two attached hydrogens (primary N) is 1. The summed E-state index contributed by atoms with van der Waals surface area (Å²) in [6.07, 6.45) is 0. The Hall–Kier alpha value is -0.540. The van der Waals surface area contributed by atoms with E-state index in [1.54, 1.807) is 0 Å². The van der Waals surface area contributed by atoms with Crippen molar-refractivity contribution in [3.8, 4) is 0 Å². The maximum absolute atomic E-state index is 6.02. The van der Waals surface area contributed by atoms with E-state index in [1.165, 1.54) is 5.56 Å². The van der Waals surface area contributed by atoms with Crippen molar-refractivity contribution in [2.45, 2.75) is 40.3 Å². The molecule has 0 radical (unpaired) electrons. The maximum atomic E-state index is 6.02. The molecule has 0 bridgehead atoms. The molecule has 0 aliphatic carbocycles. The third-order valence-electron chi connectivity index (χ3n) is 3.48. The molecule has 3 heteroatoms. The fraction of sp³-hybridized carbons (Fsp3) is 0.571. The molecule has 0 amide bonds. The summed E-state index contributed by atoms with van der Waals surface area (Å²) in [6.45, 7) is 9.91. The zero-order valence-electron chi connectivity index (χ0n) is 11.4. The van der Waals surface area contributed by atoms with E-state index >= 15 is 0 Å². The highest BCUT2D eigenvalue weighted by Crippen LogP contribution is 2.28. The molecule has 0 fully saturated rings. The Bertz CT molecular complexity index is 362. The molecule has 96 valence electrons. The van der Waals surface area contributed by atoms with Gasteiger partial charge in [0.05, 0.1) is 0 Å². The molecule has 1 atom stereocenters. The minimum Gasteiger partial charge on any atom is -0.398 e. The minimum atomic E-state index is 0.269. The van der Waals surface area contributed by atoms with Crippen molar-refractivity contribution in [3.63, 3.8) is 0 Å². The smallest absolute Gasteiger partial charge is 0.0371 e. The normalized spacial score (nSPS) is 14.1. The number of benzene rings is 1. The van der Waals surface area contributed by atoms with Crippen LogP contribution in [0, 0.1) is 5.41 Å². The molecule has 2 N–H and O–H groups in total. The van der Waals surface area contributed by atoms with Gasteiger partial charge in [-0.05, 0) is 31.5 Å². The van der Waals surface area contributed by atoms with Gasteiger partial charge in [-0.3, -0.25) is 4.90 Å². The van der Waals surface area contributed by atoms with Gasteiger partial charge in [0.1, 0.15) is 0 Å². The van der Waals surface area contributed by atoms with Crippen molar-refractivity contribution in [1.29, 1.82) is 0 Å². The lowest BCUT2D eigenvalue weighted by atomic mass is 9.87. The lowest BCUT2D eigenvalue weighted by Gasteiger charge is -2.35. The van der Waals surface area contributed by atoms with Crippen LogP contribution in [0.25, 0.3) is 0 Å².